The Morgan fingerprint density at radius 1 is 0.659 bits per heavy atom. The number of rotatable bonds is 4. The van der Waals surface area contributed by atoms with E-state index in [2.05, 4.69) is 41.1 Å². The Morgan fingerprint density at radius 3 is 2.02 bits per heavy atom. The van der Waals surface area contributed by atoms with Gasteiger partial charge in [0.25, 0.3) is 0 Å². The van der Waals surface area contributed by atoms with Gasteiger partial charge >= 0.3 is 0 Å². The van der Waals surface area contributed by atoms with Gasteiger partial charge in [-0.25, -0.2) is 4.98 Å². The first-order chi connectivity index (χ1) is 20.2. The lowest BCUT2D eigenvalue weighted by atomic mass is 9.99. The molecule has 0 bridgehead atoms. The topological polar surface area (TPSA) is 72.6 Å². The predicted octanol–water partition coefficient (Wildman–Crippen LogP) is 9.28. The molecule has 6 nitrogen and oxygen atoms in total. The summed E-state index contributed by atoms with van der Waals surface area (Å²) in [5.41, 5.74) is 6.85. The second-order valence-electron chi connectivity index (χ2n) is 9.99. The van der Waals surface area contributed by atoms with Crippen molar-refractivity contribution < 1.29 is 13.3 Å². The first-order valence-electron chi connectivity index (χ1n) is 13.3. The van der Waals surface area contributed by atoms with Crippen LogP contribution in [0, 0.1) is 6.92 Å². The monoisotopic (exact) mass is 534 g/mol. The summed E-state index contributed by atoms with van der Waals surface area (Å²) in [4.78, 5) is 20.1. The summed E-state index contributed by atoms with van der Waals surface area (Å²) in [7, 11) is 0. The van der Waals surface area contributed by atoms with Crippen molar-refractivity contribution in [2.75, 3.05) is 4.90 Å². The molecule has 196 valence electrons. The third-order valence-corrected chi connectivity index (χ3v) is 7.60. The molecule has 41 heavy (non-hydrogen) atoms. The van der Waals surface area contributed by atoms with Crippen LogP contribution in [0.2, 0.25) is 0 Å². The average molecular weight is 535 g/mol. The van der Waals surface area contributed by atoms with Crippen molar-refractivity contribution in [2.24, 2.45) is 0 Å². The molecule has 0 saturated carbocycles. The lowest BCUT2D eigenvalue weighted by Gasteiger charge is -2.27. The number of furan rings is 1. The highest BCUT2D eigenvalue weighted by molar-refractivity contribution is 6.15. The second-order valence-corrected chi connectivity index (χ2v) is 9.99. The largest absolute Gasteiger partial charge is 0.456 e. The summed E-state index contributed by atoms with van der Waals surface area (Å²) in [6, 6.07) is 33.4. The van der Waals surface area contributed by atoms with E-state index >= 15 is 0 Å². The van der Waals surface area contributed by atoms with E-state index in [0.717, 1.165) is 39.0 Å². The van der Waals surface area contributed by atoms with Crippen molar-refractivity contribution in [1.82, 2.24) is 4.98 Å². The highest BCUT2D eigenvalue weighted by Crippen LogP contribution is 2.47. The highest BCUT2D eigenvalue weighted by atomic mass is 16.3. The molecule has 0 atom stereocenters. The molecule has 0 radical (unpaired) electrons. The average Bonchev–Trinajstić information content (AvgIpc) is 3.67. The van der Waals surface area contributed by atoms with Gasteiger partial charge in [-0.15, -0.1) is 0 Å². The molecule has 0 unspecified atom stereocenters. The maximum Gasteiger partial charge on any atom is 0.226 e. The maximum atomic E-state index is 13.4. The molecule has 0 aliphatic heterocycles. The summed E-state index contributed by atoms with van der Waals surface area (Å²) in [6.45, 7) is 2.05. The quantitative estimate of drug-likeness (QED) is 0.210. The molecule has 3 heterocycles. The number of hydrogen-bond acceptors (Lipinski definition) is 6. The number of hydrogen-bond donors (Lipinski definition) is 0. The number of fused-ring (bicyclic) bond motifs is 5. The van der Waals surface area contributed by atoms with Crippen LogP contribution in [-0.2, 0) is 0 Å². The molecule has 3 aromatic heterocycles. The number of nitrogens with zero attached hydrogens (tertiary/aromatic N) is 2. The number of para-hydroxylation sites is 3. The van der Waals surface area contributed by atoms with E-state index in [-0.39, 0.29) is 5.43 Å². The van der Waals surface area contributed by atoms with E-state index < -0.39 is 0 Å². The fraction of sp³-hybridized carbons (Fsp3) is 0.0286. The Morgan fingerprint density at radius 2 is 1.32 bits per heavy atom. The molecule has 0 aliphatic rings. The van der Waals surface area contributed by atoms with Gasteiger partial charge in [0, 0.05) is 27.7 Å². The Balaban J connectivity index is 1.52. The third-order valence-electron chi connectivity index (χ3n) is 7.60. The predicted molar refractivity (Wildman–Crippen MR) is 162 cm³/mol. The van der Waals surface area contributed by atoms with Crippen LogP contribution < -0.4 is 10.3 Å². The van der Waals surface area contributed by atoms with Gasteiger partial charge in [0.2, 0.25) is 11.3 Å². The number of benzene rings is 5. The fourth-order valence-corrected chi connectivity index (χ4v) is 5.69. The number of anilines is 3. The lowest BCUT2D eigenvalue weighted by Crippen LogP contribution is -2.12. The first-order valence-corrected chi connectivity index (χ1v) is 13.3. The molecule has 8 rings (SSSR count). The van der Waals surface area contributed by atoms with E-state index in [1.54, 1.807) is 24.6 Å². The van der Waals surface area contributed by atoms with E-state index in [4.69, 9.17) is 13.3 Å². The Hall–Kier alpha value is -5.62. The normalized spacial score (nSPS) is 11.6. The second kappa shape index (κ2) is 8.96. The summed E-state index contributed by atoms with van der Waals surface area (Å²) in [5.74, 6) is 0.513. The third kappa shape index (κ3) is 3.58. The summed E-state index contributed by atoms with van der Waals surface area (Å²) < 4.78 is 18.7. The molecular formula is C35H22N2O4. The Labute approximate surface area is 233 Å². The van der Waals surface area contributed by atoms with Crippen LogP contribution in [0.4, 0.5) is 17.1 Å². The smallest absolute Gasteiger partial charge is 0.226 e. The van der Waals surface area contributed by atoms with Gasteiger partial charge in [-0.1, -0.05) is 48.5 Å². The van der Waals surface area contributed by atoms with Gasteiger partial charge in [0.1, 0.15) is 23.0 Å². The zero-order chi connectivity index (χ0) is 27.5. The van der Waals surface area contributed by atoms with Crippen LogP contribution in [0.15, 0.2) is 134 Å². The van der Waals surface area contributed by atoms with Crippen LogP contribution in [0.5, 0.6) is 0 Å². The molecule has 0 amide bonds. The number of aromatic nitrogens is 1. The number of oxazole rings is 1. The van der Waals surface area contributed by atoms with E-state index in [1.807, 2.05) is 66.7 Å². The molecule has 0 saturated heterocycles. The molecular weight excluding hydrogens is 512 g/mol. The summed E-state index contributed by atoms with van der Waals surface area (Å²) >= 11 is 0. The minimum absolute atomic E-state index is 0.0868. The molecule has 0 N–H and O–H groups in total. The fourth-order valence-electron chi connectivity index (χ4n) is 5.69. The standard InChI is InChI=1S/C35H22N2O4/c1-21-25(35-36-16-17-39-35)18-27-26-19-31-28(33(38)24-14-8-9-15-29(24)40-31)20-30(26)41-34(27)32(21)37(22-10-4-2-5-11-22)23-12-6-3-7-13-23/h2-20H,1H3. The van der Waals surface area contributed by atoms with Gasteiger partial charge in [-0.3, -0.25) is 4.79 Å². The minimum Gasteiger partial charge on any atom is -0.456 e. The van der Waals surface area contributed by atoms with Crippen molar-refractivity contribution in [1.29, 1.82) is 0 Å². The van der Waals surface area contributed by atoms with Crippen LogP contribution in [0.1, 0.15) is 5.56 Å². The van der Waals surface area contributed by atoms with Crippen LogP contribution >= 0.6 is 0 Å². The van der Waals surface area contributed by atoms with Crippen LogP contribution in [-0.4, -0.2) is 4.98 Å². The Kier molecular flexibility index (Phi) is 5.09. The lowest BCUT2D eigenvalue weighted by molar-refractivity contribution is 0.574. The molecule has 0 fully saturated rings. The van der Waals surface area contributed by atoms with Gasteiger partial charge in [-0.2, -0.15) is 0 Å². The molecule has 0 spiro atoms. The Bertz CT molecular complexity index is 2240. The van der Waals surface area contributed by atoms with Gasteiger partial charge in [0.05, 0.1) is 22.7 Å². The maximum absolute atomic E-state index is 13.4. The van der Waals surface area contributed by atoms with Crippen LogP contribution in [0.3, 0.4) is 0 Å². The van der Waals surface area contributed by atoms with Gasteiger partial charge in [-0.05, 0) is 67.1 Å². The highest BCUT2D eigenvalue weighted by Gasteiger charge is 2.26. The molecule has 0 aliphatic carbocycles. The van der Waals surface area contributed by atoms with E-state index in [0.29, 0.717) is 39.0 Å². The van der Waals surface area contributed by atoms with Crippen molar-refractivity contribution in [2.45, 2.75) is 6.92 Å². The zero-order valence-electron chi connectivity index (χ0n) is 22.0. The summed E-state index contributed by atoms with van der Waals surface area (Å²) in [6.07, 6.45) is 3.22. The van der Waals surface area contributed by atoms with Crippen LogP contribution in [0.25, 0.3) is 55.3 Å². The first kappa shape index (κ1) is 23.3. The van der Waals surface area contributed by atoms with Crippen molar-refractivity contribution >= 4 is 60.9 Å². The SMILES string of the molecule is Cc1c(-c2ncco2)cc2c(oc3cc4c(=O)c5ccccc5oc4cc32)c1N(c1ccccc1)c1ccccc1. The molecule has 6 heteroatoms. The van der Waals surface area contributed by atoms with Gasteiger partial charge < -0.3 is 18.2 Å². The minimum atomic E-state index is -0.0868. The van der Waals surface area contributed by atoms with Gasteiger partial charge in [0.15, 0.2) is 5.58 Å². The van der Waals surface area contributed by atoms with E-state index in [9.17, 15) is 4.79 Å². The zero-order valence-corrected chi connectivity index (χ0v) is 22.0. The summed E-state index contributed by atoms with van der Waals surface area (Å²) in [5, 5.41) is 2.71. The van der Waals surface area contributed by atoms with Crippen molar-refractivity contribution in [3.63, 3.8) is 0 Å². The molecule has 5 aromatic carbocycles. The molecule has 8 aromatic rings. The van der Waals surface area contributed by atoms with Crippen molar-refractivity contribution in [3.8, 4) is 11.5 Å². The van der Waals surface area contributed by atoms with E-state index in [1.165, 1.54) is 0 Å². The van der Waals surface area contributed by atoms with Crippen molar-refractivity contribution in [3.05, 3.63) is 131 Å².